The van der Waals surface area contributed by atoms with Crippen molar-refractivity contribution in [3.63, 3.8) is 0 Å². The Kier molecular flexibility index (Phi) is 12.6. The van der Waals surface area contributed by atoms with E-state index in [1.165, 1.54) is 53.5 Å². The minimum atomic E-state index is -4.41. The average molecular weight is 942 g/mol. The van der Waals surface area contributed by atoms with Crippen LogP contribution >= 0.6 is 0 Å². The molecule has 9 rings (SSSR count). The summed E-state index contributed by atoms with van der Waals surface area (Å²) < 4.78 is 45.3. The molecule has 0 saturated heterocycles. The minimum absolute atomic E-state index is 0.158. The fourth-order valence-corrected chi connectivity index (χ4v) is 11.5. The summed E-state index contributed by atoms with van der Waals surface area (Å²) in [5.74, 6) is -0.659. The van der Waals surface area contributed by atoms with Crippen LogP contribution in [0.2, 0.25) is 0 Å². The van der Waals surface area contributed by atoms with Crippen molar-refractivity contribution < 1.29 is 32.0 Å². The van der Waals surface area contributed by atoms with Crippen LogP contribution in [0.5, 0.6) is 0 Å². The molecule has 0 fully saturated rings. The van der Waals surface area contributed by atoms with E-state index >= 15 is 0 Å². The molecule has 69 heavy (non-hydrogen) atoms. The van der Waals surface area contributed by atoms with Gasteiger partial charge in [-0.3, -0.25) is 14.1 Å². The second-order valence-electron chi connectivity index (χ2n) is 19.3. The van der Waals surface area contributed by atoms with E-state index in [1.54, 1.807) is 6.07 Å². The molecule has 3 aliphatic rings. The molecule has 10 nitrogen and oxygen atoms in total. The van der Waals surface area contributed by atoms with Crippen LogP contribution in [0.3, 0.4) is 0 Å². The Morgan fingerprint density at radius 1 is 0.725 bits per heavy atom. The summed E-state index contributed by atoms with van der Waals surface area (Å²) in [4.78, 5) is 30.9. The van der Waals surface area contributed by atoms with Crippen molar-refractivity contribution in [3.05, 3.63) is 185 Å². The number of anilines is 4. The number of carbonyl (C=O) groups is 2. The molecule has 6 aromatic carbocycles. The minimum Gasteiger partial charge on any atom is -0.464 e. The normalized spacial score (nSPS) is 18.5. The third-order valence-corrected chi connectivity index (χ3v) is 14.9. The molecule has 11 heteroatoms. The van der Waals surface area contributed by atoms with Crippen LogP contribution in [-0.2, 0) is 40.0 Å². The van der Waals surface area contributed by atoms with Gasteiger partial charge in [0.1, 0.15) is 13.2 Å². The number of ether oxygens (including phenoxy) is 2. The molecule has 1 unspecified atom stereocenters. The Balaban J connectivity index is 1.20. The van der Waals surface area contributed by atoms with Crippen molar-refractivity contribution in [1.29, 1.82) is 0 Å². The molecule has 2 heterocycles. The van der Waals surface area contributed by atoms with Gasteiger partial charge in [-0.15, -0.1) is 0 Å². The maximum Gasteiger partial charge on any atom is 0.302 e. The maximum atomic E-state index is 12.2. The zero-order valence-corrected chi connectivity index (χ0v) is 41.1. The number of hydrogen-bond donors (Lipinski definition) is 1. The van der Waals surface area contributed by atoms with Crippen molar-refractivity contribution in [2.24, 2.45) is 0 Å². The van der Waals surface area contributed by atoms with E-state index in [0.717, 1.165) is 63.5 Å². The molecule has 354 valence electrons. The first-order valence-electron chi connectivity index (χ1n) is 23.6. The van der Waals surface area contributed by atoms with E-state index in [4.69, 9.17) is 9.47 Å². The third-order valence-electron chi connectivity index (χ3n) is 14.0. The fraction of sp³-hybridized carbons (Fsp3) is 0.276. The molecule has 1 atom stereocenters. The fourth-order valence-electron chi connectivity index (χ4n) is 11.0. The maximum absolute atomic E-state index is 12.2. The summed E-state index contributed by atoms with van der Waals surface area (Å²) in [5.41, 5.74) is 11.3. The Labute approximate surface area is 405 Å². The van der Waals surface area contributed by atoms with Gasteiger partial charge in [-0.2, -0.15) is 8.42 Å². The molecule has 1 aliphatic carbocycles. The number of rotatable bonds is 13. The third kappa shape index (κ3) is 8.97. The standard InChI is InChI=1S/C58H59N3O7S/c1-38-18-26-48-43(36-38)21-28-50-54(48)57(4,5)52(59(50)32-34-67-39(2)62)30-23-41-19-20-42(56(41)61(45-14-10-8-11-15-45)46-16-12-9-13-17-46)24-31-53-58(6,7)55-49-27-25-47(69(64,65)66)37-44(49)22-29-51(55)60(53)33-35-68-40(3)63/h8-18,21-31,36-37,53H,19-20,32-35H2,1-7H3,(H,64,65,66)/b31-24+,41-23+,52-30+. The SMILES string of the molecule is CC(=O)OCCN1/C(=C/C=C2\CCC(/C=C/C3N(CCOC(C)=O)c4ccc5cc(S(=O)(=O)O)ccc5c4C3(C)C)=C2N(c2ccccc2)c2ccccc2)C(C)(C)c2c1ccc1cc(C)ccc21. The van der Waals surface area contributed by atoms with Gasteiger partial charge in [0.2, 0.25) is 0 Å². The zero-order chi connectivity index (χ0) is 48.8. The van der Waals surface area contributed by atoms with Gasteiger partial charge in [0, 0.05) is 53.1 Å². The highest BCUT2D eigenvalue weighted by Crippen LogP contribution is 2.52. The van der Waals surface area contributed by atoms with E-state index in [-0.39, 0.29) is 36.1 Å². The first kappa shape index (κ1) is 47.1. The van der Waals surface area contributed by atoms with Crippen molar-refractivity contribution in [2.75, 3.05) is 41.0 Å². The van der Waals surface area contributed by atoms with Gasteiger partial charge in [-0.1, -0.05) is 124 Å². The van der Waals surface area contributed by atoms with Crippen LogP contribution in [0.1, 0.15) is 71.1 Å². The average Bonchev–Trinajstić information content (AvgIpc) is 3.88. The molecule has 2 aliphatic heterocycles. The lowest BCUT2D eigenvalue weighted by atomic mass is 9.78. The lowest BCUT2D eigenvalue weighted by molar-refractivity contribution is -0.141. The number of aryl methyl sites for hydroxylation is 1. The lowest BCUT2D eigenvalue weighted by Gasteiger charge is -2.33. The number of allylic oxidation sites excluding steroid dienone is 6. The van der Waals surface area contributed by atoms with Crippen LogP contribution in [0.15, 0.2) is 173 Å². The first-order chi connectivity index (χ1) is 32.9. The van der Waals surface area contributed by atoms with E-state index in [9.17, 15) is 22.6 Å². The van der Waals surface area contributed by atoms with Crippen molar-refractivity contribution in [3.8, 4) is 0 Å². The second-order valence-corrected chi connectivity index (χ2v) is 20.7. The summed E-state index contributed by atoms with van der Waals surface area (Å²) in [6, 6.07) is 40.4. The van der Waals surface area contributed by atoms with Crippen LogP contribution in [0.4, 0.5) is 22.7 Å². The van der Waals surface area contributed by atoms with Gasteiger partial charge in [0.25, 0.3) is 10.1 Å². The van der Waals surface area contributed by atoms with Crippen LogP contribution in [0.25, 0.3) is 21.5 Å². The van der Waals surface area contributed by atoms with Crippen molar-refractivity contribution in [1.82, 2.24) is 0 Å². The molecule has 1 N–H and O–H groups in total. The lowest BCUT2D eigenvalue weighted by Crippen LogP contribution is -2.41. The highest BCUT2D eigenvalue weighted by molar-refractivity contribution is 7.85. The molecule has 0 saturated carbocycles. The van der Waals surface area contributed by atoms with Gasteiger partial charge >= 0.3 is 11.9 Å². The Morgan fingerprint density at radius 3 is 1.96 bits per heavy atom. The van der Waals surface area contributed by atoms with E-state index < -0.39 is 20.9 Å². The first-order valence-corrected chi connectivity index (χ1v) is 25.0. The number of nitrogens with zero attached hydrogens (tertiary/aromatic N) is 3. The summed E-state index contributed by atoms with van der Waals surface area (Å²) in [6.45, 7) is 15.3. The van der Waals surface area contributed by atoms with E-state index in [2.05, 4.69) is 152 Å². The number of hydrogen-bond acceptors (Lipinski definition) is 9. The van der Waals surface area contributed by atoms with Crippen molar-refractivity contribution >= 4 is 66.4 Å². The zero-order valence-electron chi connectivity index (χ0n) is 40.3. The van der Waals surface area contributed by atoms with E-state index in [1.807, 2.05) is 24.3 Å². The number of fused-ring (bicyclic) bond motifs is 6. The predicted molar refractivity (Wildman–Crippen MR) is 277 cm³/mol. The smallest absolute Gasteiger partial charge is 0.302 e. The number of para-hydroxylation sites is 2. The molecule has 0 radical (unpaired) electrons. The summed E-state index contributed by atoms with van der Waals surface area (Å²) in [6.07, 6.45) is 10.7. The molecule has 0 bridgehead atoms. The summed E-state index contributed by atoms with van der Waals surface area (Å²) in [7, 11) is -4.41. The monoisotopic (exact) mass is 941 g/mol. The quantitative estimate of drug-likeness (QED) is 0.0886. The summed E-state index contributed by atoms with van der Waals surface area (Å²) in [5, 5.41) is 3.99. The van der Waals surface area contributed by atoms with Crippen LogP contribution in [-0.4, -0.2) is 57.3 Å². The highest BCUT2D eigenvalue weighted by atomic mass is 32.2. The predicted octanol–water partition coefficient (Wildman–Crippen LogP) is 12.2. The molecule has 0 amide bonds. The second kappa shape index (κ2) is 18.5. The molecule has 0 aromatic heterocycles. The molecular weight excluding hydrogens is 883 g/mol. The number of carbonyl (C=O) groups excluding carboxylic acids is 2. The van der Waals surface area contributed by atoms with Gasteiger partial charge in [-0.05, 0) is 118 Å². The van der Waals surface area contributed by atoms with Crippen LogP contribution < -0.4 is 14.7 Å². The van der Waals surface area contributed by atoms with Crippen molar-refractivity contribution in [2.45, 2.75) is 83.1 Å². The largest absolute Gasteiger partial charge is 0.464 e. The number of benzene rings is 6. The van der Waals surface area contributed by atoms with Gasteiger partial charge in [0.05, 0.1) is 29.7 Å². The number of esters is 2. The van der Waals surface area contributed by atoms with Gasteiger partial charge < -0.3 is 24.2 Å². The van der Waals surface area contributed by atoms with E-state index in [0.29, 0.717) is 18.5 Å². The van der Waals surface area contributed by atoms with Crippen LogP contribution in [0, 0.1) is 6.92 Å². The van der Waals surface area contributed by atoms with Gasteiger partial charge in [-0.25, -0.2) is 0 Å². The highest BCUT2D eigenvalue weighted by Gasteiger charge is 2.45. The topological polar surface area (TPSA) is 117 Å². The molecular formula is C58H59N3O7S. The molecule has 0 spiro atoms. The van der Waals surface area contributed by atoms with Gasteiger partial charge in [0.15, 0.2) is 0 Å². The Bertz CT molecular complexity index is 3200. The molecule has 6 aromatic rings. The Hall–Kier alpha value is -6.95. The Morgan fingerprint density at radius 2 is 1.32 bits per heavy atom. The summed E-state index contributed by atoms with van der Waals surface area (Å²) >= 11 is 0.